The molecule has 1 fully saturated rings. The first-order chi connectivity index (χ1) is 6.85. The average molecular weight is 210 g/mol. The molecule has 0 aromatic heterocycles. The highest BCUT2D eigenvalue weighted by molar-refractivity contribution is 5.77. The highest BCUT2D eigenvalue weighted by Crippen LogP contribution is 2.49. The predicted octanol–water partition coefficient (Wildman–Crippen LogP) is 4.06. The van der Waals surface area contributed by atoms with Crippen LogP contribution in [0, 0.1) is 23.2 Å². The maximum atomic E-state index is 11.2. The third-order valence-electron chi connectivity index (χ3n) is 4.91. The van der Waals surface area contributed by atoms with Gasteiger partial charge in [0.1, 0.15) is 5.78 Å². The standard InChI is InChI=1S/C14H26O/c1-10(12(3)15)6-8-13-9-7-11(2)14(13,4)5/h10-11,13H,6-9H2,1-5H3/t10-,11+,13?/m1/s1. The van der Waals surface area contributed by atoms with Crippen molar-refractivity contribution in [3.63, 3.8) is 0 Å². The van der Waals surface area contributed by atoms with Gasteiger partial charge in [0.05, 0.1) is 0 Å². The van der Waals surface area contributed by atoms with Crippen LogP contribution in [0.15, 0.2) is 0 Å². The van der Waals surface area contributed by atoms with Gasteiger partial charge in [0.15, 0.2) is 0 Å². The molecule has 1 aliphatic carbocycles. The fourth-order valence-corrected chi connectivity index (χ4v) is 2.77. The van der Waals surface area contributed by atoms with E-state index in [1.165, 1.54) is 19.3 Å². The summed E-state index contributed by atoms with van der Waals surface area (Å²) in [7, 11) is 0. The van der Waals surface area contributed by atoms with E-state index in [1.54, 1.807) is 6.92 Å². The van der Waals surface area contributed by atoms with Gasteiger partial charge in [-0.25, -0.2) is 0 Å². The number of rotatable bonds is 4. The molecule has 0 heterocycles. The third-order valence-corrected chi connectivity index (χ3v) is 4.91. The van der Waals surface area contributed by atoms with E-state index in [0.29, 0.717) is 11.2 Å². The summed E-state index contributed by atoms with van der Waals surface area (Å²) in [6.45, 7) is 10.9. The molecule has 1 heteroatoms. The van der Waals surface area contributed by atoms with Gasteiger partial charge in [-0.1, -0.05) is 27.7 Å². The van der Waals surface area contributed by atoms with Gasteiger partial charge in [0.2, 0.25) is 0 Å². The largest absolute Gasteiger partial charge is 0.300 e. The van der Waals surface area contributed by atoms with Crippen LogP contribution in [0.2, 0.25) is 0 Å². The zero-order chi connectivity index (χ0) is 11.6. The maximum absolute atomic E-state index is 11.2. The summed E-state index contributed by atoms with van der Waals surface area (Å²) in [6.07, 6.45) is 5.04. The summed E-state index contributed by atoms with van der Waals surface area (Å²) < 4.78 is 0. The second kappa shape index (κ2) is 4.67. The molecule has 0 N–H and O–H groups in total. The van der Waals surface area contributed by atoms with E-state index in [2.05, 4.69) is 27.7 Å². The zero-order valence-corrected chi connectivity index (χ0v) is 11.0. The first-order valence-corrected chi connectivity index (χ1v) is 6.36. The lowest BCUT2D eigenvalue weighted by Crippen LogP contribution is -2.24. The van der Waals surface area contributed by atoms with Crippen LogP contribution in [-0.4, -0.2) is 5.78 Å². The fourth-order valence-electron chi connectivity index (χ4n) is 2.77. The van der Waals surface area contributed by atoms with E-state index in [0.717, 1.165) is 18.3 Å². The Kier molecular flexibility index (Phi) is 3.97. The monoisotopic (exact) mass is 210 g/mol. The minimum Gasteiger partial charge on any atom is -0.300 e. The molecule has 0 spiro atoms. The molecule has 15 heavy (non-hydrogen) atoms. The molecule has 0 aromatic rings. The van der Waals surface area contributed by atoms with E-state index < -0.39 is 0 Å². The van der Waals surface area contributed by atoms with Crippen molar-refractivity contribution in [2.75, 3.05) is 0 Å². The lowest BCUT2D eigenvalue weighted by atomic mass is 9.74. The number of ketones is 1. The van der Waals surface area contributed by atoms with Crippen molar-refractivity contribution in [1.29, 1.82) is 0 Å². The predicted molar refractivity (Wildman–Crippen MR) is 64.7 cm³/mol. The van der Waals surface area contributed by atoms with Crippen LogP contribution < -0.4 is 0 Å². The molecule has 0 bridgehead atoms. The Morgan fingerprint density at radius 1 is 1.40 bits per heavy atom. The van der Waals surface area contributed by atoms with Crippen LogP contribution in [0.25, 0.3) is 0 Å². The van der Waals surface area contributed by atoms with Gasteiger partial charge in [0.25, 0.3) is 0 Å². The number of carbonyl (C=O) groups excluding carboxylic acids is 1. The first-order valence-electron chi connectivity index (χ1n) is 6.36. The highest BCUT2D eigenvalue weighted by Gasteiger charge is 2.39. The van der Waals surface area contributed by atoms with E-state index in [9.17, 15) is 4.79 Å². The van der Waals surface area contributed by atoms with Crippen molar-refractivity contribution < 1.29 is 4.79 Å². The summed E-state index contributed by atoms with van der Waals surface area (Å²) in [5.74, 6) is 2.28. The van der Waals surface area contributed by atoms with Crippen LogP contribution >= 0.6 is 0 Å². The molecule has 0 saturated heterocycles. The smallest absolute Gasteiger partial charge is 0.132 e. The molecule has 1 rings (SSSR count). The van der Waals surface area contributed by atoms with Gasteiger partial charge in [-0.15, -0.1) is 0 Å². The summed E-state index contributed by atoms with van der Waals surface area (Å²) in [5, 5.41) is 0. The molecular formula is C14H26O. The molecule has 0 radical (unpaired) electrons. The molecule has 1 saturated carbocycles. The van der Waals surface area contributed by atoms with Crippen molar-refractivity contribution in [3.05, 3.63) is 0 Å². The summed E-state index contributed by atoms with van der Waals surface area (Å²) >= 11 is 0. The molecular weight excluding hydrogens is 184 g/mol. The number of hydrogen-bond acceptors (Lipinski definition) is 1. The Balaban J connectivity index is 2.43. The summed E-state index contributed by atoms with van der Waals surface area (Å²) in [5.41, 5.74) is 0.483. The molecule has 1 nitrogen and oxygen atoms in total. The summed E-state index contributed by atoms with van der Waals surface area (Å²) in [6, 6.07) is 0. The molecule has 1 unspecified atom stereocenters. The van der Waals surface area contributed by atoms with Crippen LogP contribution in [0.4, 0.5) is 0 Å². The van der Waals surface area contributed by atoms with Gasteiger partial charge in [-0.05, 0) is 49.9 Å². The second-order valence-electron chi connectivity index (χ2n) is 6.09. The SMILES string of the molecule is CC(=O)[C@H](C)CCC1CC[C@H](C)C1(C)C. The van der Waals surface area contributed by atoms with Crippen molar-refractivity contribution in [1.82, 2.24) is 0 Å². The Labute approximate surface area is 94.6 Å². The van der Waals surface area contributed by atoms with Crippen molar-refractivity contribution in [2.24, 2.45) is 23.2 Å². The van der Waals surface area contributed by atoms with E-state index in [4.69, 9.17) is 0 Å². The molecule has 3 atom stereocenters. The number of carbonyl (C=O) groups is 1. The third kappa shape index (κ3) is 2.83. The van der Waals surface area contributed by atoms with Crippen LogP contribution in [0.5, 0.6) is 0 Å². The molecule has 0 amide bonds. The maximum Gasteiger partial charge on any atom is 0.132 e. The normalized spacial score (nSPS) is 31.5. The van der Waals surface area contributed by atoms with Gasteiger partial charge >= 0.3 is 0 Å². The van der Waals surface area contributed by atoms with Gasteiger partial charge in [-0.2, -0.15) is 0 Å². The second-order valence-corrected chi connectivity index (χ2v) is 6.09. The Hall–Kier alpha value is -0.330. The first kappa shape index (κ1) is 12.7. The van der Waals surface area contributed by atoms with E-state index in [-0.39, 0.29) is 5.92 Å². The van der Waals surface area contributed by atoms with E-state index in [1.807, 2.05) is 0 Å². The van der Waals surface area contributed by atoms with Crippen molar-refractivity contribution in [3.8, 4) is 0 Å². The van der Waals surface area contributed by atoms with Gasteiger partial charge in [0, 0.05) is 5.92 Å². The molecule has 0 aliphatic heterocycles. The summed E-state index contributed by atoms with van der Waals surface area (Å²) in [4.78, 5) is 11.2. The van der Waals surface area contributed by atoms with Crippen molar-refractivity contribution in [2.45, 2.75) is 60.3 Å². The van der Waals surface area contributed by atoms with Crippen molar-refractivity contribution >= 4 is 5.78 Å². The molecule has 0 aromatic carbocycles. The number of Topliss-reactive ketones (excluding diaryl/α,β-unsaturated/α-hetero) is 1. The van der Waals surface area contributed by atoms with Crippen LogP contribution in [0.3, 0.4) is 0 Å². The minimum absolute atomic E-state index is 0.261. The quantitative estimate of drug-likeness (QED) is 0.683. The lowest BCUT2D eigenvalue weighted by Gasteiger charge is -2.31. The van der Waals surface area contributed by atoms with Gasteiger partial charge < -0.3 is 0 Å². The van der Waals surface area contributed by atoms with E-state index >= 15 is 0 Å². The van der Waals surface area contributed by atoms with Gasteiger partial charge in [-0.3, -0.25) is 4.79 Å². The highest BCUT2D eigenvalue weighted by atomic mass is 16.1. The average Bonchev–Trinajstić information content (AvgIpc) is 2.39. The Morgan fingerprint density at radius 2 is 2.00 bits per heavy atom. The van der Waals surface area contributed by atoms with Crippen LogP contribution in [-0.2, 0) is 4.79 Å². The lowest BCUT2D eigenvalue weighted by molar-refractivity contribution is -0.120. The Bertz CT molecular complexity index is 229. The molecule has 88 valence electrons. The van der Waals surface area contributed by atoms with Crippen LogP contribution in [0.1, 0.15) is 60.3 Å². The Morgan fingerprint density at radius 3 is 2.40 bits per heavy atom. The number of hydrogen-bond donors (Lipinski definition) is 0. The topological polar surface area (TPSA) is 17.1 Å². The molecule has 1 aliphatic rings. The fraction of sp³-hybridized carbons (Fsp3) is 0.929. The zero-order valence-electron chi connectivity index (χ0n) is 11.0. The minimum atomic E-state index is 0.261.